The Kier molecular flexibility index (Phi) is 4.52. The second-order valence-electron chi connectivity index (χ2n) is 4.66. The molecule has 0 aliphatic carbocycles. The van der Waals surface area contributed by atoms with E-state index in [4.69, 9.17) is 22.7 Å². The van der Waals surface area contributed by atoms with Gasteiger partial charge in [-0.05, 0) is 42.5 Å². The molecule has 1 aromatic carbocycles. The molecule has 1 aromatic rings. The summed E-state index contributed by atoms with van der Waals surface area (Å²) in [6, 6.07) is 4.25. The Hall–Kier alpha value is -1.09. The highest BCUT2D eigenvalue weighted by molar-refractivity contribution is 7.80. The predicted molar refractivity (Wildman–Crippen MR) is 76.8 cm³/mol. The zero-order valence-corrected chi connectivity index (χ0v) is 12.0. The Labute approximate surface area is 109 Å². The van der Waals surface area contributed by atoms with Gasteiger partial charge in [-0.3, -0.25) is 0 Å². The molecular formula is C14H21NOS. The smallest absolute Gasteiger partial charge is 0.122 e. The lowest BCUT2D eigenvalue weighted by molar-refractivity contribution is 0.411. The monoisotopic (exact) mass is 251 g/mol. The maximum Gasteiger partial charge on any atom is 0.122 e. The molecule has 0 radical (unpaired) electrons. The first kappa shape index (κ1) is 14.0. The first-order valence-corrected chi connectivity index (χ1v) is 6.23. The molecular weight excluding hydrogens is 230 g/mol. The van der Waals surface area contributed by atoms with Crippen LogP contribution in [0.5, 0.6) is 5.75 Å². The van der Waals surface area contributed by atoms with E-state index in [2.05, 4.69) is 39.8 Å². The minimum atomic E-state index is 0.205. The van der Waals surface area contributed by atoms with Crippen LogP contribution in [0, 0.1) is 19.8 Å². The molecule has 2 N–H and O–H groups in total. The molecule has 0 amide bonds. The molecule has 1 rings (SSSR count). The number of aryl methyl sites for hydroxylation is 2. The van der Waals surface area contributed by atoms with E-state index in [9.17, 15) is 0 Å². The van der Waals surface area contributed by atoms with Gasteiger partial charge in [0, 0.05) is 5.92 Å². The normalized spacial score (nSPS) is 14.2. The average Bonchev–Trinajstić information content (AvgIpc) is 2.29. The quantitative estimate of drug-likeness (QED) is 0.834. The average molecular weight is 251 g/mol. The van der Waals surface area contributed by atoms with Gasteiger partial charge in [-0.25, -0.2) is 0 Å². The number of nitrogens with two attached hydrogens (primary N) is 1. The van der Waals surface area contributed by atoms with Crippen LogP contribution in [0.2, 0.25) is 0 Å². The Morgan fingerprint density at radius 2 is 1.82 bits per heavy atom. The molecule has 0 aliphatic rings. The van der Waals surface area contributed by atoms with E-state index in [1.165, 1.54) is 11.1 Å². The maximum absolute atomic E-state index is 5.73. The highest BCUT2D eigenvalue weighted by Crippen LogP contribution is 2.31. The Bertz CT molecular complexity index is 428. The van der Waals surface area contributed by atoms with Gasteiger partial charge in [0.15, 0.2) is 0 Å². The van der Waals surface area contributed by atoms with Crippen LogP contribution in [0.3, 0.4) is 0 Å². The summed E-state index contributed by atoms with van der Waals surface area (Å²) in [6.45, 7) is 8.39. The topological polar surface area (TPSA) is 35.2 Å². The third-order valence-corrected chi connectivity index (χ3v) is 3.84. The lowest BCUT2D eigenvalue weighted by Gasteiger charge is -2.22. The fourth-order valence-electron chi connectivity index (χ4n) is 2.04. The highest BCUT2D eigenvalue weighted by atomic mass is 32.1. The summed E-state index contributed by atoms with van der Waals surface area (Å²) >= 11 is 5.07. The van der Waals surface area contributed by atoms with E-state index in [0.29, 0.717) is 10.9 Å². The zero-order chi connectivity index (χ0) is 13.2. The van der Waals surface area contributed by atoms with Gasteiger partial charge in [0.1, 0.15) is 5.75 Å². The van der Waals surface area contributed by atoms with Crippen molar-refractivity contribution in [1.82, 2.24) is 0 Å². The van der Waals surface area contributed by atoms with Gasteiger partial charge in [-0.2, -0.15) is 0 Å². The van der Waals surface area contributed by atoms with Crippen LogP contribution in [-0.2, 0) is 0 Å². The molecule has 0 saturated heterocycles. The fourth-order valence-corrected chi connectivity index (χ4v) is 2.24. The van der Waals surface area contributed by atoms with Gasteiger partial charge >= 0.3 is 0 Å². The molecule has 94 valence electrons. The highest BCUT2D eigenvalue weighted by Gasteiger charge is 2.19. The number of rotatable bonds is 4. The lowest BCUT2D eigenvalue weighted by atomic mass is 9.85. The van der Waals surface area contributed by atoms with E-state index < -0.39 is 0 Å². The van der Waals surface area contributed by atoms with E-state index >= 15 is 0 Å². The molecule has 3 heteroatoms. The number of methoxy groups -OCH3 is 1. The van der Waals surface area contributed by atoms with Crippen LogP contribution in [0.15, 0.2) is 12.1 Å². The van der Waals surface area contributed by atoms with E-state index in [1.54, 1.807) is 7.11 Å². The zero-order valence-electron chi connectivity index (χ0n) is 11.2. The summed E-state index contributed by atoms with van der Waals surface area (Å²) in [5, 5.41) is 0. The summed E-state index contributed by atoms with van der Waals surface area (Å²) in [7, 11) is 1.70. The molecule has 2 nitrogen and oxygen atoms in total. The van der Waals surface area contributed by atoms with Gasteiger partial charge in [-0.15, -0.1) is 0 Å². The number of benzene rings is 1. The van der Waals surface area contributed by atoms with Crippen LogP contribution in [0.4, 0.5) is 0 Å². The number of hydrogen-bond donors (Lipinski definition) is 1. The summed E-state index contributed by atoms with van der Waals surface area (Å²) < 4.78 is 5.32. The van der Waals surface area contributed by atoms with Crippen LogP contribution in [0.25, 0.3) is 0 Å². The summed E-state index contributed by atoms with van der Waals surface area (Å²) in [6.07, 6.45) is 0. The second kappa shape index (κ2) is 5.50. The first-order valence-electron chi connectivity index (χ1n) is 5.83. The van der Waals surface area contributed by atoms with Crippen LogP contribution in [0.1, 0.15) is 36.5 Å². The van der Waals surface area contributed by atoms with Crippen molar-refractivity contribution in [3.8, 4) is 5.75 Å². The van der Waals surface area contributed by atoms with E-state index in [1.807, 2.05) is 0 Å². The molecule has 0 saturated carbocycles. The van der Waals surface area contributed by atoms with Crippen molar-refractivity contribution >= 4 is 17.2 Å². The van der Waals surface area contributed by atoms with Crippen LogP contribution < -0.4 is 10.5 Å². The van der Waals surface area contributed by atoms with Crippen LogP contribution >= 0.6 is 12.2 Å². The van der Waals surface area contributed by atoms with Crippen molar-refractivity contribution in [2.75, 3.05) is 7.11 Å². The standard InChI is InChI=1S/C14H21NOS/c1-8-7-13(16-5)9(2)6-12(8)10(3)11(4)14(15)17/h6-7,10-11H,1-5H3,(H2,15,17). The lowest BCUT2D eigenvalue weighted by Crippen LogP contribution is -2.23. The first-order chi connectivity index (χ1) is 7.88. The van der Waals surface area contributed by atoms with Gasteiger partial charge in [0.25, 0.3) is 0 Å². The molecule has 0 spiro atoms. The van der Waals surface area contributed by atoms with Gasteiger partial charge in [-0.1, -0.05) is 32.1 Å². The van der Waals surface area contributed by atoms with Crippen molar-refractivity contribution in [3.63, 3.8) is 0 Å². The Balaban J connectivity index is 3.14. The predicted octanol–water partition coefficient (Wildman–Crippen LogP) is 3.34. The van der Waals surface area contributed by atoms with E-state index in [0.717, 1.165) is 11.3 Å². The van der Waals surface area contributed by atoms with Crippen molar-refractivity contribution in [2.24, 2.45) is 11.7 Å². The Morgan fingerprint density at radius 3 is 2.29 bits per heavy atom. The van der Waals surface area contributed by atoms with Crippen molar-refractivity contribution in [3.05, 3.63) is 28.8 Å². The van der Waals surface area contributed by atoms with Gasteiger partial charge < -0.3 is 10.5 Å². The number of thiocarbonyl (C=S) groups is 1. The van der Waals surface area contributed by atoms with Gasteiger partial charge in [0.2, 0.25) is 0 Å². The summed E-state index contributed by atoms with van der Waals surface area (Å²) in [4.78, 5) is 0.574. The minimum absolute atomic E-state index is 0.205. The summed E-state index contributed by atoms with van der Waals surface area (Å²) in [5.74, 6) is 1.47. The number of hydrogen-bond acceptors (Lipinski definition) is 2. The Morgan fingerprint density at radius 1 is 1.24 bits per heavy atom. The minimum Gasteiger partial charge on any atom is -0.496 e. The third kappa shape index (κ3) is 2.97. The fraction of sp³-hybridized carbons (Fsp3) is 0.500. The molecule has 0 aromatic heterocycles. The maximum atomic E-state index is 5.73. The molecule has 0 fully saturated rings. The molecule has 17 heavy (non-hydrogen) atoms. The number of ether oxygens (including phenoxy) is 1. The van der Waals surface area contributed by atoms with Crippen molar-refractivity contribution < 1.29 is 4.74 Å². The largest absolute Gasteiger partial charge is 0.496 e. The molecule has 0 bridgehead atoms. The second-order valence-corrected chi connectivity index (χ2v) is 5.13. The van der Waals surface area contributed by atoms with Crippen molar-refractivity contribution in [1.29, 1.82) is 0 Å². The third-order valence-electron chi connectivity index (χ3n) is 3.47. The van der Waals surface area contributed by atoms with Crippen molar-refractivity contribution in [2.45, 2.75) is 33.6 Å². The molecule has 0 heterocycles. The molecule has 0 aliphatic heterocycles. The molecule has 2 unspecified atom stereocenters. The van der Waals surface area contributed by atoms with Crippen LogP contribution in [-0.4, -0.2) is 12.1 Å². The SMILES string of the molecule is COc1cc(C)c(C(C)C(C)C(N)=S)cc1C. The van der Waals surface area contributed by atoms with Gasteiger partial charge in [0.05, 0.1) is 12.1 Å². The summed E-state index contributed by atoms with van der Waals surface area (Å²) in [5.41, 5.74) is 9.39. The molecule has 2 atom stereocenters. The van der Waals surface area contributed by atoms with E-state index in [-0.39, 0.29) is 5.92 Å².